The van der Waals surface area contributed by atoms with E-state index in [1.807, 2.05) is 12.1 Å². The van der Waals surface area contributed by atoms with Crippen molar-refractivity contribution in [2.75, 3.05) is 13.2 Å². The molecule has 0 saturated carbocycles. The minimum Gasteiger partial charge on any atom is -0.490 e. The molecule has 0 aliphatic carbocycles. The molecule has 1 aliphatic heterocycles. The molecule has 3 rings (SSSR count). The maximum absolute atomic E-state index is 12.5. The molecule has 0 fully saturated rings. The summed E-state index contributed by atoms with van der Waals surface area (Å²) in [5, 5.41) is 0. The number of benzene rings is 2. The first-order valence-electron chi connectivity index (χ1n) is 8.82. The van der Waals surface area contributed by atoms with Gasteiger partial charge in [-0.05, 0) is 37.1 Å². The summed E-state index contributed by atoms with van der Waals surface area (Å²) >= 11 is 0. The lowest BCUT2D eigenvalue weighted by Gasteiger charge is -2.14. The monoisotopic (exact) mass is 354 g/mol. The van der Waals surface area contributed by atoms with Crippen molar-refractivity contribution in [1.82, 2.24) is 0 Å². The zero-order valence-electron chi connectivity index (χ0n) is 15.0. The Labute approximate surface area is 152 Å². The van der Waals surface area contributed by atoms with E-state index >= 15 is 0 Å². The lowest BCUT2D eigenvalue weighted by Crippen LogP contribution is -2.24. The van der Waals surface area contributed by atoms with Crippen LogP contribution in [-0.4, -0.2) is 31.1 Å². The fraction of sp³-hybridized carbons (Fsp3) is 0.333. The number of carbonyl (C=O) groups is 2. The zero-order valence-corrected chi connectivity index (χ0v) is 15.0. The summed E-state index contributed by atoms with van der Waals surface area (Å²) < 4.78 is 16.5. The van der Waals surface area contributed by atoms with E-state index in [-0.39, 0.29) is 5.78 Å². The van der Waals surface area contributed by atoms with Crippen molar-refractivity contribution in [1.29, 1.82) is 0 Å². The maximum atomic E-state index is 12.5. The normalized spacial score (nSPS) is 14.2. The van der Waals surface area contributed by atoms with E-state index < -0.39 is 12.1 Å². The van der Waals surface area contributed by atoms with E-state index in [2.05, 4.69) is 6.92 Å². The van der Waals surface area contributed by atoms with Crippen molar-refractivity contribution in [3.8, 4) is 11.5 Å². The number of fused-ring (bicyclic) bond motifs is 1. The summed E-state index contributed by atoms with van der Waals surface area (Å²) in [5.74, 6) is 0.340. The molecule has 1 atom stereocenters. The van der Waals surface area contributed by atoms with Gasteiger partial charge in [0.15, 0.2) is 17.6 Å². The number of aryl methyl sites for hydroxylation is 1. The van der Waals surface area contributed by atoms with Crippen LogP contribution in [0.15, 0.2) is 42.5 Å². The van der Waals surface area contributed by atoms with Crippen LogP contribution >= 0.6 is 0 Å². The van der Waals surface area contributed by atoms with Gasteiger partial charge in [0, 0.05) is 12.0 Å². The number of ether oxygens (including phenoxy) is 3. The van der Waals surface area contributed by atoms with Gasteiger partial charge in [-0.15, -0.1) is 0 Å². The van der Waals surface area contributed by atoms with Gasteiger partial charge >= 0.3 is 5.97 Å². The maximum Gasteiger partial charge on any atom is 0.338 e. The largest absolute Gasteiger partial charge is 0.490 e. The molecule has 1 unspecified atom stereocenters. The van der Waals surface area contributed by atoms with E-state index in [0.717, 1.165) is 18.4 Å². The Bertz CT molecular complexity index is 795. The molecule has 0 radical (unpaired) electrons. The standard InChI is InChI=1S/C21H22O5/c1-3-15-5-7-16(8-6-15)20(22)14(2)26-21(23)17-9-10-18-19(13-17)25-12-4-11-24-18/h5-10,13-14H,3-4,11-12H2,1-2H3. The number of rotatable bonds is 5. The molecule has 0 aromatic heterocycles. The molecule has 1 aliphatic rings. The van der Waals surface area contributed by atoms with Crippen LogP contribution in [0.4, 0.5) is 0 Å². The highest BCUT2D eigenvalue weighted by atomic mass is 16.5. The van der Waals surface area contributed by atoms with Crippen molar-refractivity contribution in [2.24, 2.45) is 0 Å². The van der Waals surface area contributed by atoms with Crippen LogP contribution in [-0.2, 0) is 11.2 Å². The number of Topliss-reactive ketones (excluding diaryl/α,β-unsaturated/α-hetero) is 1. The lowest BCUT2D eigenvalue weighted by molar-refractivity contribution is 0.0318. The van der Waals surface area contributed by atoms with Gasteiger partial charge in [0.1, 0.15) is 0 Å². The second kappa shape index (κ2) is 8.04. The second-order valence-electron chi connectivity index (χ2n) is 6.17. The minimum absolute atomic E-state index is 0.227. The molecule has 0 N–H and O–H groups in total. The quantitative estimate of drug-likeness (QED) is 0.603. The molecule has 26 heavy (non-hydrogen) atoms. The lowest BCUT2D eigenvalue weighted by atomic mass is 10.0. The van der Waals surface area contributed by atoms with Crippen LogP contribution in [0.3, 0.4) is 0 Å². The molecule has 0 saturated heterocycles. The summed E-state index contributed by atoms with van der Waals surface area (Å²) in [5.41, 5.74) is 2.01. The highest BCUT2D eigenvalue weighted by molar-refractivity contribution is 6.01. The van der Waals surface area contributed by atoms with E-state index in [1.165, 1.54) is 0 Å². The first-order valence-corrected chi connectivity index (χ1v) is 8.82. The molecule has 2 aromatic carbocycles. The van der Waals surface area contributed by atoms with Crippen LogP contribution in [0.2, 0.25) is 0 Å². The van der Waals surface area contributed by atoms with Crippen molar-refractivity contribution in [3.63, 3.8) is 0 Å². The molecule has 136 valence electrons. The fourth-order valence-corrected chi connectivity index (χ4v) is 2.71. The minimum atomic E-state index is -0.869. The summed E-state index contributed by atoms with van der Waals surface area (Å²) in [4.78, 5) is 24.9. The Morgan fingerprint density at radius 1 is 1.00 bits per heavy atom. The first-order chi connectivity index (χ1) is 12.6. The van der Waals surface area contributed by atoms with Gasteiger partial charge in [-0.25, -0.2) is 4.79 Å². The van der Waals surface area contributed by atoms with Crippen LogP contribution in [0, 0.1) is 0 Å². The van der Waals surface area contributed by atoms with E-state index in [4.69, 9.17) is 14.2 Å². The van der Waals surface area contributed by atoms with Gasteiger partial charge in [-0.3, -0.25) is 4.79 Å². The van der Waals surface area contributed by atoms with E-state index in [9.17, 15) is 9.59 Å². The predicted molar refractivity (Wildman–Crippen MR) is 97.1 cm³/mol. The van der Waals surface area contributed by atoms with Crippen molar-refractivity contribution in [3.05, 3.63) is 59.2 Å². The molecule has 5 nitrogen and oxygen atoms in total. The number of ketones is 1. The third kappa shape index (κ3) is 4.04. The number of hydrogen-bond donors (Lipinski definition) is 0. The highest BCUT2D eigenvalue weighted by Gasteiger charge is 2.22. The average Bonchev–Trinajstić information content (AvgIpc) is 2.92. The van der Waals surface area contributed by atoms with Crippen molar-refractivity contribution >= 4 is 11.8 Å². The van der Waals surface area contributed by atoms with Crippen LogP contribution in [0.5, 0.6) is 11.5 Å². The first kappa shape index (κ1) is 18.0. The van der Waals surface area contributed by atoms with Crippen molar-refractivity contribution < 1.29 is 23.8 Å². The Hall–Kier alpha value is -2.82. The highest BCUT2D eigenvalue weighted by Crippen LogP contribution is 2.30. The Kier molecular flexibility index (Phi) is 5.56. The van der Waals surface area contributed by atoms with Gasteiger partial charge < -0.3 is 14.2 Å². The number of carbonyl (C=O) groups excluding carboxylic acids is 2. The van der Waals surface area contributed by atoms with E-state index in [0.29, 0.717) is 35.8 Å². The molecular formula is C21H22O5. The smallest absolute Gasteiger partial charge is 0.338 e. The van der Waals surface area contributed by atoms with Gasteiger partial charge in [-0.2, -0.15) is 0 Å². The van der Waals surface area contributed by atoms with Gasteiger partial charge in [0.25, 0.3) is 0 Å². The molecule has 5 heteroatoms. The Morgan fingerprint density at radius 3 is 2.35 bits per heavy atom. The predicted octanol–water partition coefficient (Wildman–Crippen LogP) is 3.84. The third-order valence-corrected chi connectivity index (χ3v) is 4.28. The van der Waals surface area contributed by atoms with Crippen LogP contribution in [0.1, 0.15) is 46.5 Å². The SMILES string of the molecule is CCc1ccc(C(=O)C(C)OC(=O)c2ccc3c(c2)OCCCO3)cc1. The number of esters is 1. The van der Waals surface area contributed by atoms with E-state index in [1.54, 1.807) is 37.3 Å². The van der Waals surface area contributed by atoms with Gasteiger partial charge in [0.2, 0.25) is 5.78 Å². The summed E-state index contributed by atoms with van der Waals surface area (Å²) in [6.45, 7) is 4.75. The van der Waals surface area contributed by atoms with Crippen LogP contribution < -0.4 is 9.47 Å². The van der Waals surface area contributed by atoms with Crippen LogP contribution in [0.25, 0.3) is 0 Å². The summed E-state index contributed by atoms with van der Waals surface area (Å²) in [6, 6.07) is 12.2. The zero-order chi connectivity index (χ0) is 18.5. The topological polar surface area (TPSA) is 61.8 Å². The third-order valence-electron chi connectivity index (χ3n) is 4.28. The molecule has 0 spiro atoms. The summed E-state index contributed by atoms with van der Waals surface area (Å²) in [7, 11) is 0. The molecule has 0 amide bonds. The van der Waals surface area contributed by atoms with Gasteiger partial charge in [0.05, 0.1) is 18.8 Å². The molecular weight excluding hydrogens is 332 g/mol. The second-order valence-corrected chi connectivity index (χ2v) is 6.17. The molecule has 2 aromatic rings. The molecule has 1 heterocycles. The Morgan fingerprint density at radius 2 is 1.65 bits per heavy atom. The Balaban J connectivity index is 1.68. The molecule has 0 bridgehead atoms. The van der Waals surface area contributed by atoms with Crippen molar-refractivity contribution in [2.45, 2.75) is 32.8 Å². The summed E-state index contributed by atoms with van der Waals surface area (Å²) in [6.07, 6.45) is 0.825. The fourth-order valence-electron chi connectivity index (χ4n) is 2.71. The van der Waals surface area contributed by atoms with Gasteiger partial charge in [-0.1, -0.05) is 31.2 Å². The number of hydrogen-bond acceptors (Lipinski definition) is 5. The average molecular weight is 354 g/mol.